The maximum absolute atomic E-state index is 13.3. The van der Waals surface area contributed by atoms with Crippen LogP contribution in [0.25, 0.3) is 0 Å². The molecule has 1 fully saturated rings. The van der Waals surface area contributed by atoms with E-state index in [2.05, 4.69) is 15.0 Å². The van der Waals surface area contributed by atoms with Crippen molar-refractivity contribution in [3.05, 3.63) is 41.7 Å². The molecule has 1 saturated heterocycles. The SMILES string of the molecule is CC(C)(C1CCN(C(=O)[C@H](CC2=C[N+]=CN2)OC(=O)C(F)(F)F)CC1)S(=O)(=O)c1cccc(C(F)(F)F)c1. The number of carbonyl (C=O) groups is 2. The average Bonchev–Trinajstić information content (AvgIpc) is 3.35. The third-order valence-corrected chi connectivity index (χ3v) is 9.26. The molecule has 38 heavy (non-hydrogen) atoms. The van der Waals surface area contributed by atoms with Crippen LogP contribution in [0.3, 0.4) is 0 Å². The fourth-order valence-electron chi connectivity index (χ4n) is 4.33. The zero-order valence-electron chi connectivity index (χ0n) is 20.3. The monoisotopic (exact) mass is 569 g/mol. The Kier molecular flexibility index (Phi) is 8.20. The number of amides is 1. The van der Waals surface area contributed by atoms with Crippen molar-refractivity contribution < 1.29 is 49.1 Å². The molecule has 0 bridgehead atoms. The van der Waals surface area contributed by atoms with Gasteiger partial charge in [-0.05, 0) is 50.8 Å². The van der Waals surface area contributed by atoms with Crippen molar-refractivity contribution in [2.75, 3.05) is 13.1 Å². The number of hydrogen-bond acceptors (Lipinski definition) is 7. The van der Waals surface area contributed by atoms with E-state index in [-0.39, 0.29) is 31.6 Å². The molecule has 1 N–H and O–H groups in total. The highest BCUT2D eigenvalue weighted by atomic mass is 32.2. The second-order valence-corrected chi connectivity index (χ2v) is 11.9. The number of nitrogens with zero attached hydrogens (tertiary/aromatic N) is 2. The van der Waals surface area contributed by atoms with E-state index in [1.807, 2.05) is 0 Å². The molecule has 0 aromatic heterocycles. The first kappa shape index (κ1) is 29.5. The van der Waals surface area contributed by atoms with E-state index in [0.717, 1.165) is 18.2 Å². The fraction of sp³-hybridized carbons (Fsp3) is 0.522. The molecular weight excluding hydrogens is 544 g/mol. The Hall–Kier alpha value is -3.10. The number of benzene rings is 1. The van der Waals surface area contributed by atoms with Gasteiger partial charge in [-0.25, -0.2) is 18.5 Å². The number of nitrogens with one attached hydrogen (secondary N) is 1. The number of hydrogen-bond donors (Lipinski definition) is 1. The number of alkyl halides is 6. The molecule has 0 spiro atoms. The van der Waals surface area contributed by atoms with E-state index in [0.29, 0.717) is 6.07 Å². The van der Waals surface area contributed by atoms with E-state index in [9.17, 15) is 44.3 Å². The summed E-state index contributed by atoms with van der Waals surface area (Å²) in [7, 11) is -4.25. The van der Waals surface area contributed by atoms with Crippen molar-refractivity contribution >= 4 is 28.1 Å². The summed E-state index contributed by atoms with van der Waals surface area (Å²) in [5, 5.41) is 2.62. The molecule has 2 aliphatic heterocycles. The van der Waals surface area contributed by atoms with Crippen LogP contribution in [-0.2, 0) is 30.3 Å². The van der Waals surface area contributed by atoms with Gasteiger partial charge in [0.2, 0.25) is 0 Å². The molecule has 1 atom stereocenters. The van der Waals surface area contributed by atoms with Crippen molar-refractivity contribution in [2.45, 2.75) is 61.2 Å². The van der Waals surface area contributed by atoms with Gasteiger partial charge in [0.25, 0.3) is 12.2 Å². The number of sulfone groups is 1. The van der Waals surface area contributed by atoms with Gasteiger partial charge in [0.05, 0.1) is 21.6 Å². The third-order valence-electron chi connectivity index (χ3n) is 6.67. The number of halogens is 6. The van der Waals surface area contributed by atoms with Crippen molar-refractivity contribution in [3.63, 3.8) is 0 Å². The minimum Gasteiger partial charge on any atom is -0.445 e. The molecule has 0 aliphatic carbocycles. The number of rotatable bonds is 7. The number of ether oxygens (including phenoxy) is 1. The highest BCUT2D eigenvalue weighted by Gasteiger charge is 2.47. The first-order chi connectivity index (χ1) is 17.4. The van der Waals surface area contributed by atoms with E-state index in [1.54, 1.807) is 0 Å². The lowest BCUT2D eigenvalue weighted by molar-refractivity contribution is -0.206. The lowest BCUT2D eigenvalue weighted by Crippen LogP contribution is -2.50. The number of aliphatic imine (C=N–C) groups is 1. The first-order valence-corrected chi connectivity index (χ1v) is 12.9. The van der Waals surface area contributed by atoms with Crippen LogP contribution in [0.1, 0.15) is 38.7 Å². The molecule has 1 amide bonds. The molecule has 0 unspecified atom stereocenters. The third kappa shape index (κ3) is 6.30. The van der Waals surface area contributed by atoms with Crippen molar-refractivity contribution in [1.29, 1.82) is 0 Å². The predicted octanol–water partition coefficient (Wildman–Crippen LogP) is 3.17. The number of carbonyl (C=O) groups excluding carboxylic acids is 2. The topological polar surface area (TPSA) is 107 Å². The summed E-state index contributed by atoms with van der Waals surface area (Å²) < 4.78 is 107. The molecule has 2 heterocycles. The van der Waals surface area contributed by atoms with Gasteiger partial charge in [0, 0.05) is 13.1 Å². The maximum Gasteiger partial charge on any atom is 0.490 e. The molecule has 1 aromatic rings. The zero-order valence-corrected chi connectivity index (χ0v) is 21.1. The van der Waals surface area contributed by atoms with Crippen molar-refractivity contribution in [1.82, 2.24) is 15.2 Å². The van der Waals surface area contributed by atoms with Crippen LogP contribution in [0.15, 0.2) is 41.1 Å². The minimum atomic E-state index is -5.32. The Morgan fingerprint density at radius 2 is 1.76 bits per heavy atom. The van der Waals surface area contributed by atoms with E-state index < -0.39 is 67.7 Å². The lowest BCUT2D eigenvalue weighted by atomic mass is 9.85. The van der Waals surface area contributed by atoms with Crippen LogP contribution in [0, 0.1) is 5.92 Å². The van der Waals surface area contributed by atoms with Gasteiger partial charge in [-0.15, -0.1) is 0 Å². The Bertz CT molecular complexity index is 1230. The molecule has 2 aliphatic rings. The summed E-state index contributed by atoms with van der Waals surface area (Å²) in [6.07, 6.45) is -9.55. The van der Waals surface area contributed by atoms with E-state index in [1.165, 1.54) is 31.3 Å². The maximum atomic E-state index is 13.3. The van der Waals surface area contributed by atoms with E-state index >= 15 is 0 Å². The number of likely N-dealkylation sites (tertiary alicyclic amines) is 1. The Labute approximate surface area is 214 Å². The largest absolute Gasteiger partial charge is 0.490 e. The Morgan fingerprint density at radius 3 is 2.29 bits per heavy atom. The molecular formula is C23H25F6N3O5S+. The molecule has 15 heteroatoms. The molecule has 209 valence electrons. The summed E-state index contributed by atoms with van der Waals surface area (Å²) >= 11 is 0. The standard InChI is InChI=1S/C23H25F6N3O5S/c1-21(2,38(35,36)17-5-3-4-15(10-17)22(24,25)26)14-6-8-32(9-7-14)19(33)18(11-16-12-30-13-31-16)37-20(34)23(27,28)29/h3-5,10,12-14,18,31H,6-9,11H2,1-2H3/q+1/t18-/m0/s1. The van der Waals surface area contributed by atoms with Gasteiger partial charge in [-0.3, -0.25) is 4.79 Å². The highest BCUT2D eigenvalue weighted by molar-refractivity contribution is 7.92. The van der Waals surface area contributed by atoms with Crippen LogP contribution in [0.5, 0.6) is 0 Å². The molecule has 8 nitrogen and oxygen atoms in total. The number of esters is 1. The molecule has 1 radical (unpaired) electrons. The Balaban J connectivity index is 1.73. The summed E-state index contributed by atoms with van der Waals surface area (Å²) in [5.74, 6) is -4.01. The minimum absolute atomic E-state index is 0.0614. The Morgan fingerprint density at radius 1 is 1.13 bits per heavy atom. The zero-order chi connectivity index (χ0) is 28.5. The van der Waals surface area contributed by atoms with Crippen LogP contribution < -0.4 is 10.3 Å². The molecule has 3 rings (SSSR count). The normalized spacial score (nSPS) is 18.1. The lowest BCUT2D eigenvalue weighted by Gasteiger charge is -2.40. The summed E-state index contributed by atoms with van der Waals surface area (Å²) in [4.78, 5) is 28.8. The molecule has 1 aromatic carbocycles. The van der Waals surface area contributed by atoms with Crippen molar-refractivity contribution in [3.8, 4) is 0 Å². The summed E-state index contributed by atoms with van der Waals surface area (Å²) in [5.41, 5.74) is -0.854. The fourth-order valence-corrected chi connectivity index (χ4v) is 6.15. The van der Waals surface area contributed by atoms with Gasteiger partial charge >= 0.3 is 18.3 Å². The van der Waals surface area contributed by atoms with Gasteiger partial charge in [-0.1, -0.05) is 11.1 Å². The number of piperidine rings is 1. The van der Waals surface area contributed by atoms with Crippen LogP contribution in [0.4, 0.5) is 26.3 Å². The summed E-state index contributed by atoms with van der Waals surface area (Å²) in [6.45, 7) is 2.65. The quantitative estimate of drug-likeness (QED) is 0.400. The second-order valence-electron chi connectivity index (χ2n) is 9.40. The van der Waals surface area contributed by atoms with Crippen molar-refractivity contribution in [2.24, 2.45) is 5.92 Å². The highest BCUT2D eigenvalue weighted by Crippen LogP contribution is 2.39. The van der Waals surface area contributed by atoms with Gasteiger partial charge in [0.15, 0.2) is 22.1 Å². The second kappa shape index (κ2) is 10.6. The van der Waals surface area contributed by atoms with Gasteiger partial charge in [-0.2, -0.15) is 26.3 Å². The molecule has 0 saturated carbocycles. The van der Waals surface area contributed by atoms with Crippen LogP contribution >= 0.6 is 0 Å². The first-order valence-electron chi connectivity index (χ1n) is 11.4. The smallest absolute Gasteiger partial charge is 0.445 e. The van der Waals surface area contributed by atoms with Crippen LogP contribution in [-0.4, -0.2) is 61.6 Å². The van der Waals surface area contributed by atoms with Gasteiger partial charge < -0.3 is 9.64 Å². The average molecular weight is 570 g/mol. The predicted molar refractivity (Wildman–Crippen MR) is 122 cm³/mol. The van der Waals surface area contributed by atoms with Crippen LogP contribution in [0.2, 0.25) is 0 Å². The summed E-state index contributed by atoms with van der Waals surface area (Å²) in [6, 6.07) is 3.43. The van der Waals surface area contributed by atoms with Gasteiger partial charge in [0.1, 0.15) is 5.70 Å². The van der Waals surface area contributed by atoms with E-state index in [4.69, 9.17) is 0 Å².